The van der Waals surface area contributed by atoms with E-state index in [-0.39, 0.29) is 0 Å². The largest absolute Gasteiger partial charge is 0.292 e. The summed E-state index contributed by atoms with van der Waals surface area (Å²) in [6.07, 6.45) is 2.01. The van der Waals surface area contributed by atoms with E-state index >= 15 is 0 Å². The first-order valence-electron chi connectivity index (χ1n) is 19.9. The fourth-order valence-electron chi connectivity index (χ4n) is 9.24. The van der Waals surface area contributed by atoms with Gasteiger partial charge < -0.3 is 0 Å². The highest BCUT2D eigenvalue weighted by Crippen LogP contribution is 2.43. The first kappa shape index (κ1) is 34.1. The van der Waals surface area contributed by atoms with E-state index in [1.54, 1.807) is 0 Å². The van der Waals surface area contributed by atoms with Gasteiger partial charge in [-0.2, -0.15) is 0 Å². The van der Waals surface area contributed by atoms with Gasteiger partial charge in [-0.1, -0.05) is 176 Å². The van der Waals surface area contributed by atoms with E-state index in [0.717, 1.165) is 54.8 Å². The Morgan fingerprint density at radius 2 is 1.07 bits per heavy atom. The fourth-order valence-corrected chi connectivity index (χ4v) is 12.8. The van der Waals surface area contributed by atoms with Crippen LogP contribution < -0.4 is 16.0 Å². The van der Waals surface area contributed by atoms with Crippen LogP contribution in [0.4, 0.5) is 0 Å². The molecule has 0 fully saturated rings. The number of hydrogen-bond acceptors (Lipinski definition) is 3. The van der Waals surface area contributed by atoms with Gasteiger partial charge in [-0.3, -0.25) is 9.38 Å². The highest BCUT2D eigenvalue weighted by Gasteiger charge is 2.26. The quantitative estimate of drug-likeness (QED) is 0.129. The summed E-state index contributed by atoms with van der Waals surface area (Å²) < 4.78 is 2.38. The van der Waals surface area contributed by atoms with Crippen LogP contribution >= 0.6 is 6.04 Å². The molecule has 0 unspecified atom stereocenters. The van der Waals surface area contributed by atoms with Crippen molar-refractivity contribution in [1.29, 1.82) is 0 Å². The molecule has 0 saturated heterocycles. The van der Waals surface area contributed by atoms with Gasteiger partial charge in [0, 0.05) is 22.5 Å². The predicted molar refractivity (Wildman–Crippen MR) is 255 cm³/mol. The van der Waals surface area contributed by atoms with Crippen molar-refractivity contribution in [3.8, 4) is 22.3 Å². The van der Waals surface area contributed by atoms with Crippen LogP contribution in [0.1, 0.15) is 0 Å². The van der Waals surface area contributed by atoms with Crippen LogP contribution in [0.2, 0.25) is 0 Å². The van der Waals surface area contributed by atoms with Crippen molar-refractivity contribution in [2.75, 3.05) is 0 Å². The SMILES string of the molecule is S=P(c1ccccc1)(c1ccccc1)c1ccc(-c2ccc3c(c2)c2ccc4ccccc4c2c2nc4ccc(-c5cc6ccccc6c6ccccc56)cc4n32)cn1. The summed E-state index contributed by atoms with van der Waals surface area (Å²) in [5.74, 6) is 0. The van der Waals surface area contributed by atoms with Crippen LogP contribution in [-0.4, -0.2) is 14.4 Å². The smallest absolute Gasteiger partial charge is 0.147 e. The van der Waals surface area contributed by atoms with Gasteiger partial charge in [-0.25, -0.2) is 4.98 Å². The standard InChI is InChI=1S/C54H34N3PS/c59-58(40-15-3-1-4-16-40,41-17-5-2-6-18-41)52-30-26-39(34-55-52)36-25-29-50-48(31-36)46-27-23-35-13-7-10-20-43(35)53(46)54-56-49-28-24-38(33-51(49)57(50)54)47-32-37-14-8-9-19-42(37)44-21-11-12-22-45(44)47/h1-34H. The molecule has 9 aromatic carbocycles. The molecule has 0 N–H and O–H groups in total. The van der Waals surface area contributed by atoms with Crippen LogP contribution in [0, 0.1) is 0 Å². The predicted octanol–water partition coefficient (Wildman–Crippen LogP) is 12.7. The maximum absolute atomic E-state index is 6.62. The average Bonchev–Trinajstić information content (AvgIpc) is 3.70. The van der Waals surface area contributed by atoms with Gasteiger partial charge in [0.05, 0.1) is 28.0 Å². The highest BCUT2D eigenvalue weighted by atomic mass is 32.4. The Hall–Kier alpha value is -6.97. The van der Waals surface area contributed by atoms with Gasteiger partial charge in [0.1, 0.15) is 5.65 Å². The molecule has 0 atom stereocenters. The second kappa shape index (κ2) is 13.3. The molecule has 12 aromatic rings. The molecule has 0 aliphatic rings. The zero-order valence-electron chi connectivity index (χ0n) is 31.8. The third kappa shape index (κ3) is 5.24. The lowest BCUT2D eigenvalue weighted by Crippen LogP contribution is -2.26. The van der Waals surface area contributed by atoms with Crippen molar-refractivity contribution in [3.63, 3.8) is 0 Å². The molecule has 59 heavy (non-hydrogen) atoms. The molecule has 5 heteroatoms. The molecule has 0 spiro atoms. The summed E-state index contributed by atoms with van der Waals surface area (Å²) in [6.45, 7) is 0. The molecule has 0 bridgehead atoms. The summed E-state index contributed by atoms with van der Waals surface area (Å²) in [7, 11) is 0. The minimum Gasteiger partial charge on any atom is -0.292 e. The second-order valence-corrected chi connectivity index (χ2v) is 19.6. The van der Waals surface area contributed by atoms with E-state index in [1.807, 2.05) is 18.3 Å². The molecule has 3 nitrogen and oxygen atoms in total. The highest BCUT2D eigenvalue weighted by molar-refractivity contribution is 8.25. The van der Waals surface area contributed by atoms with Crippen LogP contribution in [-0.2, 0) is 11.8 Å². The molecular formula is C54H34N3PS. The molecule has 12 rings (SSSR count). The average molecular weight is 788 g/mol. The normalized spacial score (nSPS) is 12.1. The van der Waals surface area contributed by atoms with Gasteiger partial charge in [-0.15, -0.1) is 0 Å². The number of fused-ring (bicyclic) bond motifs is 13. The summed E-state index contributed by atoms with van der Waals surface area (Å²) in [6, 6.07) is 69.5. The number of pyridine rings is 2. The fraction of sp³-hybridized carbons (Fsp3) is 0. The second-order valence-electron chi connectivity index (χ2n) is 15.3. The number of benzene rings is 9. The lowest BCUT2D eigenvalue weighted by molar-refractivity contribution is 1.32. The van der Waals surface area contributed by atoms with Crippen LogP contribution in [0.15, 0.2) is 206 Å². The van der Waals surface area contributed by atoms with Gasteiger partial charge in [0.25, 0.3) is 0 Å². The Labute approximate surface area is 345 Å². The van der Waals surface area contributed by atoms with Gasteiger partial charge >= 0.3 is 0 Å². The van der Waals surface area contributed by atoms with Crippen molar-refractivity contribution >= 4 is 105 Å². The van der Waals surface area contributed by atoms with Crippen molar-refractivity contribution in [2.45, 2.75) is 0 Å². The number of imidazole rings is 1. The number of aromatic nitrogens is 3. The summed E-state index contributed by atoms with van der Waals surface area (Å²) >= 11 is 6.62. The van der Waals surface area contributed by atoms with Crippen LogP contribution in [0.5, 0.6) is 0 Å². The third-order valence-corrected chi connectivity index (χ3v) is 16.8. The number of nitrogens with zero attached hydrogens (tertiary/aromatic N) is 3. The Morgan fingerprint density at radius 1 is 0.424 bits per heavy atom. The van der Waals surface area contributed by atoms with Crippen molar-refractivity contribution in [1.82, 2.24) is 14.4 Å². The molecule has 0 aliphatic carbocycles. The Morgan fingerprint density at radius 3 is 1.81 bits per heavy atom. The first-order valence-corrected chi connectivity index (χ1v) is 22.7. The van der Waals surface area contributed by atoms with E-state index in [0.29, 0.717) is 0 Å². The lowest BCUT2D eigenvalue weighted by atomic mass is 9.93. The van der Waals surface area contributed by atoms with Crippen molar-refractivity contribution < 1.29 is 0 Å². The molecule has 0 saturated carbocycles. The Balaban J connectivity index is 1.08. The van der Waals surface area contributed by atoms with E-state index < -0.39 is 6.04 Å². The lowest BCUT2D eigenvalue weighted by Gasteiger charge is -2.23. The molecule has 276 valence electrons. The molecule has 3 aromatic heterocycles. The van der Waals surface area contributed by atoms with Crippen LogP contribution in [0.25, 0.3) is 92.9 Å². The van der Waals surface area contributed by atoms with Gasteiger partial charge in [0.15, 0.2) is 0 Å². The Kier molecular flexibility index (Phi) is 7.68. The van der Waals surface area contributed by atoms with E-state index in [4.69, 9.17) is 21.8 Å². The van der Waals surface area contributed by atoms with Crippen LogP contribution in [0.3, 0.4) is 0 Å². The maximum atomic E-state index is 6.62. The van der Waals surface area contributed by atoms with Crippen molar-refractivity contribution in [3.05, 3.63) is 206 Å². The number of rotatable bonds is 5. The number of hydrogen-bond donors (Lipinski definition) is 0. The topological polar surface area (TPSA) is 30.2 Å². The molecular weight excluding hydrogens is 754 g/mol. The third-order valence-electron chi connectivity index (χ3n) is 12.1. The Bertz CT molecular complexity index is 3650. The van der Waals surface area contributed by atoms with Crippen molar-refractivity contribution in [2.24, 2.45) is 0 Å². The summed E-state index contributed by atoms with van der Waals surface area (Å²) in [5.41, 5.74) is 9.61. The van der Waals surface area contributed by atoms with E-state index in [2.05, 4.69) is 192 Å². The molecule has 0 aliphatic heterocycles. The minimum absolute atomic E-state index is 0.938. The molecule has 3 heterocycles. The zero-order chi connectivity index (χ0) is 39.1. The molecule has 0 amide bonds. The summed E-state index contributed by atoms with van der Waals surface area (Å²) in [5, 5.41) is 13.2. The van der Waals surface area contributed by atoms with Gasteiger partial charge in [0.2, 0.25) is 0 Å². The summed E-state index contributed by atoms with van der Waals surface area (Å²) in [4.78, 5) is 10.6. The maximum Gasteiger partial charge on any atom is 0.147 e. The molecule has 0 radical (unpaired) electrons. The minimum atomic E-state index is -2.37. The first-order chi connectivity index (χ1) is 29.1. The monoisotopic (exact) mass is 787 g/mol. The van der Waals surface area contributed by atoms with Gasteiger partial charge in [-0.05, 0) is 101 Å². The van der Waals surface area contributed by atoms with E-state index in [9.17, 15) is 0 Å². The van der Waals surface area contributed by atoms with E-state index in [1.165, 1.54) is 54.2 Å². The zero-order valence-corrected chi connectivity index (χ0v) is 33.5.